The maximum Gasteiger partial charge on any atom is 0.266 e. The van der Waals surface area contributed by atoms with Gasteiger partial charge in [0.25, 0.3) is 12.0 Å². The topological polar surface area (TPSA) is 59.8 Å². The summed E-state index contributed by atoms with van der Waals surface area (Å²) in [5, 5.41) is 3.56. The number of aryl methyl sites for hydroxylation is 1. The Labute approximate surface area is 169 Å². The van der Waals surface area contributed by atoms with E-state index in [9.17, 15) is 22.4 Å². The summed E-state index contributed by atoms with van der Waals surface area (Å²) in [6, 6.07) is 2.94. The molecule has 0 bridgehead atoms. The molecule has 4 rings (SSSR count). The molecule has 0 amide bonds. The van der Waals surface area contributed by atoms with Crippen molar-refractivity contribution in [2.75, 3.05) is 5.32 Å². The third-order valence-electron chi connectivity index (χ3n) is 5.62. The van der Waals surface area contributed by atoms with E-state index in [4.69, 9.17) is 0 Å². The zero-order chi connectivity index (χ0) is 21.6. The maximum absolute atomic E-state index is 14.5. The minimum absolute atomic E-state index is 0.0730. The highest BCUT2D eigenvalue weighted by Gasteiger charge is 2.31. The number of pyridine rings is 1. The van der Waals surface area contributed by atoms with Crippen molar-refractivity contribution in [1.29, 1.82) is 0 Å². The van der Waals surface area contributed by atoms with Gasteiger partial charge in [0, 0.05) is 23.4 Å². The number of hydrogen-bond acceptors (Lipinski definition) is 4. The molecule has 1 aliphatic carbocycles. The summed E-state index contributed by atoms with van der Waals surface area (Å²) in [7, 11) is 0. The van der Waals surface area contributed by atoms with E-state index in [0.717, 1.165) is 6.07 Å². The van der Waals surface area contributed by atoms with Crippen LogP contribution in [0.25, 0.3) is 10.9 Å². The predicted octanol–water partition coefficient (Wildman–Crippen LogP) is 5.02. The van der Waals surface area contributed by atoms with E-state index in [2.05, 4.69) is 15.3 Å². The number of halogens is 4. The van der Waals surface area contributed by atoms with Crippen LogP contribution < -0.4 is 10.9 Å². The van der Waals surface area contributed by atoms with E-state index in [1.54, 1.807) is 20.0 Å². The Bertz CT molecular complexity index is 1160. The fourth-order valence-corrected chi connectivity index (χ4v) is 3.80. The predicted molar refractivity (Wildman–Crippen MR) is 105 cm³/mol. The van der Waals surface area contributed by atoms with Crippen LogP contribution in [0.5, 0.6) is 0 Å². The highest BCUT2D eigenvalue weighted by Crippen LogP contribution is 2.35. The first-order chi connectivity index (χ1) is 14.3. The van der Waals surface area contributed by atoms with Crippen LogP contribution in [0.15, 0.2) is 35.5 Å². The number of alkyl halides is 3. The lowest BCUT2D eigenvalue weighted by Gasteiger charge is -2.31. The van der Waals surface area contributed by atoms with Gasteiger partial charge in [0.2, 0.25) is 0 Å². The van der Waals surface area contributed by atoms with Gasteiger partial charge in [-0.1, -0.05) is 18.2 Å². The lowest BCUT2D eigenvalue weighted by atomic mass is 9.90. The molecule has 1 aliphatic rings. The highest BCUT2D eigenvalue weighted by molar-refractivity contribution is 5.90. The van der Waals surface area contributed by atoms with E-state index in [1.165, 1.54) is 23.0 Å². The quantitative estimate of drug-likeness (QED) is 0.589. The van der Waals surface area contributed by atoms with E-state index < -0.39 is 30.0 Å². The number of nitrogens with zero attached hydrogens (tertiary/aromatic N) is 3. The summed E-state index contributed by atoms with van der Waals surface area (Å²) < 4.78 is 55.4. The summed E-state index contributed by atoms with van der Waals surface area (Å²) in [6.07, 6.45) is -0.445. The zero-order valence-electron chi connectivity index (χ0n) is 16.4. The molecule has 0 radical (unpaired) electrons. The lowest BCUT2D eigenvalue weighted by molar-refractivity contribution is 0.134. The van der Waals surface area contributed by atoms with Crippen LogP contribution in [0.3, 0.4) is 0 Å². The van der Waals surface area contributed by atoms with Gasteiger partial charge in [-0.2, -0.15) is 0 Å². The van der Waals surface area contributed by atoms with E-state index >= 15 is 0 Å². The van der Waals surface area contributed by atoms with Crippen LogP contribution in [0.1, 0.15) is 55.0 Å². The van der Waals surface area contributed by atoms with E-state index in [1.807, 2.05) is 0 Å². The van der Waals surface area contributed by atoms with Crippen molar-refractivity contribution in [3.05, 3.63) is 63.6 Å². The van der Waals surface area contributed by atoms with Crippen molar-refractivity contribution in [2.45, 2.75) is 51.4 Å². The SMILES string of the molecule is Cc1c(=O)n(C2CC(F)C2)cc2c(N[C@H](C)c3cccc(C(F)F)c3F)ncnc12. The Morgan fingerprint density at radius 3 is 2.57 bits per heavy atom. The number of benzene rings is 1. The van der Waals surface area contributed by atoms with E-state index in [-0.39, 0.29) is 30.0 Å². The van der Waals surface area contributed by atoms with Gasteiger partial charge in [0.1, 0.15) is 24.1 Å². The smallest absolute Gasteiger partial charge is 0.266 e. The molecular weight excluding hydrogens is 400 g/mol. The van der Waals surface area contributed by atoms with Gasteiger partial charge in [0.05, 0.1) is 22.5 Å². The molecule has 3 aromatic rings. The summed E-state index contributed by atoms with van der Waals surface area (Å²) in [5.74, 6) is -0.635. The van der Waals surface area contributed by atoms with Crippen LogP contribution in [-0.2, 0) is 0 Å². The summed E-state index contributed by atoms with van der Waals surface area (Å²) in [5.41, 5.74) is -0.00143. The van der Waals surface area contributed by atoms with Gasteiger partial charge >= 0.3 is 0 Å². The van der Waals surface area contributed by atoms with Crippen LogP contribution >= 0.6 is 0 Å². The Kier molecular flexibility index (Phi) is 5.21. The minimum Gasteiger partial charge on any atom is -0.363 e. The highest BCUT2D eigenvalue weighted by atomic mass is 19.3. The fourth-order valence-electron chi connectivity index (χ4n) is 3.80. The molecule has 9 heteroatoms. The third kappa shape index (κ3) is 3.42. The molecule has 1 aromatic carbocycles. The van der Waals surface area contributed by atoms with Gasteiger partial charge in [-0.15, -0.1) is 0 Å². The average Bonchev–Trinajstić information content (AvgIpc) is 2.68. The fraction of sp³-hybridized carbons (Fsp3) is 0.381. The van der Waals surface area contributed by atoms with Crippen molar-refractivity contribution in [2.24, 2.45) is 0 Å². The Hall–Kier alpha value is -2.97. The van der Waals surface area contributed by atoms with Crippen molar-refractivity contribution >= 4 is 16.7 Å². The second-order valence-corrected chi connectivity index (χ2v) is 7.59. The zero-order valence-corrected chi connectivity index (χ0v) is 16.4. The second kappa shape index (κ2) is 7.70. The molecule has 0 aliphatic heterocycles. The van der Waals surface area contributed by atoms with Gasteiger partial charge < -0.3 is 9.88 Å². The average molecular weight is 420 g/mol. The van der Waals surface area contributed by atoms with Gasteiger partial charge in [-0.3, -0.25) is 4.79 Å². The molecule has 0 unspecified atom stereocenters. The number of anilines is 1. The Morgan fingerprint density at radius 2 is 1.90 bits per heavy atom. The van der Waals surface area contributed by atoms with Gasteiger partial charge in [-0.25, -0.2) is 27.5 Å². The summed E-state index contributed by atoms with van der Waals surface area (Å²) in [4.78, 5) is 21.1. The van der Waals surface area contributed by atoms with Crippen LogP contribution in [0.4, 0.5) is 23.4 Å². The normalized spacial score (nSPS) is 19.7. The molecule has 30 heavy (non-hydrogen) atoms. The second-order valence-electron chi connectivity index (χ2n) is 7.59. The van der Waals surface area contributed by atoms with Gasteiger partial charge in [0.15, 0.2) is 0 Å². The molecule has 1 fully saturated rings. The molecule has 0 saturated heterocycles. The van der Waals surface area contributed by atoms with Crippen LogP contribution in [0.2, 0.25) is 0 Å². The van der Waals surface area contributed by atoms with Crippen LogP contribution in [0, 0.1) is 12.7 Å². The molecule has 2 heterocycles. The summed E-state index contributed by atoms with van der Waals surface area (Å²) >= 11 is 0. The molecular formula is C21H20F4N4O. The van der Waals surface area contributed by atoms with Crippen molar-refractivity contribution in [3.8, 4) is 0 Å². The first-order valence-corrected chi connectivity index (χ1v) is 9.61. The molecule has 1 saturated carbocycles. The monoisotopic (exact) mass is 420 g/mol. The lowest BCUT2D eigenvalue weighted by Crippen LogP contribution is -2.35. The molecule has 1 atom stereocenters. The first kappa shape index (κ1) is 20.3. The summed E-state index contributed by atoms with van der Waals surface area (Å²) in [6.45, 7) is 3.27. The maximum atomic E-state index is 14.5. The molecule has 2 aromatic heterocycles. The van der Waals surface area contributed by atoms with Crippen molar-refractivity contribution in [1.82, 2.24) is 14.5 Å². The third-order valence-corrected chi connectivity index (χ3v) is 5.62. The number of aromatic nitrogens is 3. The molecule has 0 spiro atoms. The Morgan fingerprint density at radius 1 is 1.20 bits per heavy atom. The van der Waals surface area contributed by atoms with Crippen LogP contribution in [-0.4, -0.2) is 20.7 Å². The Balaban J connectivity index is 1.75. The molecule has 1 N–H and O–H groups in total. The standard InChI is InChI=1S/C21H20F4N4O/c1-10-18-16(8-29(21(10)30)13-6-12(22)7-13)20(27-9-26-18)28-11(2)14-4-3-5-15(17(14)23)19(24)25/h3-5,8-9,11-13,19H,6-7H2,1-2H3,(H,26,27,28)/t11-,12?,13?/m1/s1. The largest absolute Gasteiger partial charge is 0.363 e. The van der Waals surface area contributed by atoms with Crippen molar-refractivity contribution < 1.29 is 17.6 Å². The molecule has 5 nitrogen and oxygen atoms in total. The van der Waals surface area contributed by atoms with Gasteiger partial charge in [-0.05, 0) is 26.7 Å². The number of nitrogens with one attached hydrogen (secondary N) is 1. The van der Waals surface area contributed by atoms with E-state index in [0.29, 0.717) is 22.3 Å². The first-order valence-electron chi connectivity index (χ1n) is 9.61. The van der Waals surface area contributed by atoms with Crippen molar-refractivity contribution in [3.63, 3.8) is 0 Å². The number of rotatable bonds is 5. The number of fused-ring (bicyclic) bond motifs is 1. The molecule has 158 valence electrons. The minimum atomic E-state index is -2.92. The number of hydrogen-bond donors (Lipinski definition) is 1.